The van der Waals surface area contributed by atoms with Gasteiger partial charge in [0.25, 0.3) is 0 Å². The Hall–Kier alpha value is -2.57. The van der Waals surface area contributed by atoms with Crippen molar-refractivity contribution < 1.29 is 9.32 Å². The van der Waals surface area contributed by atoms with Gasteiger partial charge in [0.05, 0.1) is 0 Å². The Labute approximate surface area is 141 Å². The van der Waals surface area contributed by atoms with Gasteiger partial charge in [-0.05, 0) is 31.4 Å². The van der Waals surface area contributed by atoms with Crippen molar-refractivity contribution in [2.75, 3.05) is 23.3 Å². The molecule has 0 radical (unpaired) electrons. The Balaban J connectivity index is 1.49. The molecule has 0 unspecified atom stereocenters. The van der Waals surface area contributed by atoms with E-state index in [-0.39, 0.29) is 6.03 Å². The van der Waals surface area contributed by atoms with Crippen LogP contribution < -0.4 is 15.5 Å². The highest BCUT2D eigenvalue weighted by atomic mass is 16.5. The van der Waals surface area contributed by atoms with Gasteiger partial charge in [-0.15, -0.1) is 0 Å². The van der Waals surface area contributed by atoms with E-state index in [0.717, 1.165) is 24.5 Å². The second-order valence-electron chi connectivity index (χ2n) is 6.06. The molecule has 0 atom stereocenters. The van der Waals surface area contributed by atoms with Crippen LogP contribution >= 0.6 is 0 Å². The van der Waals surface area contributed by atoms with Crippen molar-refractivity contribution in [1.29, 1.82) is 0 Å². The monoisotopic (exact) mass is 329 g/mol. The van der Waals surface area contributed by atoms with E-state index in [0.29, 0.717) is 18.1 Å². The van der Waals surface area contributed by atoms with Crippen molar-refractivity contribution in [2.45, 2.75) is 39.2 Å². The fourth-order valence-corrected chi connectivity index (χ4v) is 2.78. The summed E-state index contributed by atoms with van der Waals surface area (Å²) in [5.41, 5.74) is 0.958. The number of aryl methyl sites for hydroxylation is 1. The zero-order valence-electron chi connectivity index (χ0n) is 13.9. The number of urea groups is 1. The minimum atomic E-state index is -0.320. The van der Waals surface area contributed by atoms with Gasteiger partial charge in [0.15, 0.2) is 5.82 Å². The molecule has 2 N–H and O–H groups in total. The molecule has 0 saturated carbocycles. The number of nitrogens with one attached hydrogen (secondary N) is 2. The largest absolute Gasteiger partial charge is 0.360 e. The molecular weight excluding hydrogens is 306 g/mol. The first-order valence-corrected chi connectivity index (χ1v) is 8.39. The van der Waals surface area contributed by atoms with E-state index >= 15 is 0 Å². The van der Waals surface area contributed by atoms with E-state index < -0.39 is 0 Å². The fourth-order valence-electron chi connectivity index (χ4n) is 2.78. The lowest BCUT2D eigenvalue weighted by Gasteiger charge is -2.21. The molecule has 2 aromatic heterocycles. The van der Waals surface area contributed by atoms with Crippen LogP contribution in [-0.2, 0) is 6.54 Å². The van der Waals surface area contributed by atoms with Gasteiger partial charge in [0, 0.05) is 31.9 Å². The first-order chi connectivity index (χ1) is 11.7. The van der Waals surface area contributed by atoms with E-state index in [9.17, 15) is 4.79 Å². The standard InChI is InChI=1S/C17H23N5O2/c1-13-10-15(21-24-13)20-17(23)19-12-14-6-7-16(18-11-14)22-8-4-2-3-5-9-22/h6-7,10-11H,2-5,8-9,12H2,1H3,(H2,19,20,21,23). The third-order valence-electron chi connectivity index (χ3n) is 4.06. The average molecular weight is 329 g/mol. The molecule has 7 heteroatoms. The summed E-state index contributed by atoms with van der Waals surface area (Å²) in [7, 11) is 0. The molecule has 7 nitrogen and oxygen atoms in total. The summed E-state index contributed by atoms with van der Waals surface area (Å²) < 4.78 is 4.90. The molecular formula is C17H23N5O2. The van der Waals surface area contributed by atoms with E-state index in [1.807, 2.05) is 18.3 Å². The lowest BCUT2D eigenvalue weighted by Crippen LogP contribution is -2.28. The molecule has 0 spiro atoms. The van der Waals surface area contributed by atoms with Crippen LogP contribution in [0.5, 0.6) is 0 Å². The maximum absolute atomic E-state index is 11.8. The number of carbonyl (C=O) groups is 1. The van der Waals surface area contributed by atoms with Crippen LogP contribution in [0.1, 0.15) is 37.0 Å². The molecule has 0 aliphatic carbocycles. The Bertz CT molecular complexity index is 660. The highest BCUT2D eigenvalue weighted by Gasteiger charge is 2.11. The minimum Gasteiger partial charge on any atom is -0.360 e. The summed E-state index contributed by atoms with van der Waals surface area (Å²) in [5, 5.41) is 9.12. The summed E-state index contributed by atoms with van der Waals surface area (Å²) in [6.45, 7) is 4.33. The van der Waals surface area contributed by atoms with E-state index in [1.165, 1.54) is 25.7 Å². The van der Waals surface area contributed by atoms with Gasteiger partial charge in [-0.1, -0.05) is 24.1 Å². The molecule has 2 aromatic rings. The van der Waals surface area contributed by atoms with Gasteiger partial charge in [0.2, 0.25) is 0 Å². The zero-order chi connectivity index (χ0) is 16.8. The van der Waals surface area contributed by atoms with Gasteiger partial charge in [0.1, 0.15) is 11.6 Å². The van der Waals surface area contributed by atoms with E-state index in [2.05, 4.69) is 25.7 Å². The number of hydrogen-bond donors (Lipinski definition) is 2. The van der Waals surface area contributed by atoms with Crippen LogP contribution in [-0.4, -0.2) is 29.3 Å². The first kappa shape index (κ1) is 16.3. The lowest BCUT2D eigenvalue weighted by atomic mass is 10.2. The molecule has 0 aromatic carbocycles. The SMILES string of the molecule is Cc1cc(NC(=O)NCc2ccc(N3CCCCCC3)nc2)no1. The van der Waals surface area contributed by atoms with Crippen LogP contribution in [0.2, 0.25) is 0 Å². The van der Waals surface area contributed by atoms with Gasteiger partial charge in [-0.2, -0.15) is 0 Å². The molecule has 128 valence electrons. The normalized spacial score (nSPS) is 15.0. The topological polar surface area (TPSA) is 83.3 Å². The quantitative estimate of drug-likeness (QED) is 0.900. The fraction of sp³-hybridized carbons (Fsp3) is 0.471. The van der Waals surface area contributed by atoms with Crippen LogP contribution in [0.3, 0.4) is 0 Å². The Morgan fingerprint density at radius 3 is 2.67 bits per heavy atom. The molecule has 1 aliphatic heterocycles. The Morgan fingerprint density at radius 1 is 1.25 bits per heavy atom. The minimum absolute atomic E-state index is 0.320. The maximum Gasteiger partial charge on any atom is 0.320 e. The van der Waals surface area contributed by atoms with Gasteiger partial charge < -0.3 is 14.7 Å². The summed E-state index contributed by atoms with van der Waals surface area (Å²) in [6.07, 6.45) is 6.89. The lowest BCUT2D eigenvalue weighted by molar-refractivity contribution is 0.251. The number of pyridine rings is 1. The molecule has 2 amide bonds. The third kappa shape index (κ3) is 4.47. The number of hydrogen-bond acceptors (Lipinski definition) is 5. The van der Waals surface area contributed by atoms with Gasteiger partial charge in [-0.25, -0.2) is 9.78 Å². The number of nitrogens with zero attached hydrogens (tertiary/aromatic N) is 3. The van der Waals surface area contributed by atoms with Crippen molar-refractivity contribution in [2.24, 2.45) is 0 Å². The Kier molecular flexibility index (Phi) is 5.30. The molecule has 24 heavy (non-hydrogen) atoms. The number of amides is 2. The third-order valence-corrected chi connectivity index (χ3v) is 4.06. The second-order valence-corrected chi connectivity index (χ2v) is 6.06. The van der Waals surface area contributed by atoms with E-state index in [1.54, 1.807) is 13.0 Å². The number of rotatable bonds is 4. The van der Waals surface area contributed by atoms with Crippen molar-refractivity contribution in [3.63, 3.8) is 0 Å². The molecule has 3 rings (SSSR count). The van der Waals surface area contributed by atoms with E-state index in [4.69, 9.17) is 4.52 Å². The number of anilines is 2. The molecule has 1 saturated heterocycles. The highest BCUT2D eigenvalue weighted by Crippen LogP contribution is 2.17. The second kappa shape index (κ2) is 7.81. The smallest absolute Gasteiger partial charge is 0.320 e. The zero-order valence-corrected chi connectivity index (χ0v) is 13.9. The van der Waals surface area contributed by atoms with Crippen molar-refractivity contribution >= 4 is 17.7 Å². The predicted molar refractivity (Wildman–Crippen MR) is 92.0 cm³/mol. The van der Waals surface area contributed by atoms with Crippen LogP contribution in [0, 0.1) is 6.92 Å². The van der Waals surface area contributed by atoms with Gasteiger partial charge >= 0.3 is 6.03 Å². The summed E-state index contributed by atoms with van der Waals surface area (Å²) >= 11 is 0. The van der Waals surface area contributed by atoms with Crippen LogP contribution in [0.25, 0.3) is 0 Å². The Morgan fingerprint density at radius 2 is 2.04 bits per heavy atom. The molecule has 1 fully saturated rings. The summed E-state index contributed by atoms with van der Waals surface area (Å²) in [4.78, 5) is 18.7. The maximum atomic E-state index is 11.8. The van der Waals surface area contributed by atoms with Crippen molar-refractivity contribution in [1.82, 2.24) is 15.5 Å². The number of carbonyl (C=O) groups excluding carboxylic acids is 1. The molecule has 1 aliphatic rings. The van der Waals surface area contributed by atoms with Crippen LogP contribution in [0.15, 0.2) is 28.9 Å². The molecule has 0 bridgehead atoms. The summed E-state index contributed by atoms with van der Waals surface area (Å²) in [5.74, 6) is 2.07. The van der Waals surface area contributed by atoms with Crippen molar-refractivity contribution in [3.05, 3.63) is 35.7 Å². The summed E-state index contributed by atoms with van der Waals surface area (Å²) in [6, 6.07) is 5.38. The highest BCUT2D eigenvalue weighted by molar-refractivity contribution is 5.88. The average Bonchev–Trinajstić information content (AvgIpc) is 2.84. The first-order valence-electron chi connectivity index (χ1n) is 8.39. The van der Waals surface area contributed by atoms with Crippen LogP contribution in [0.4, 0.5) is 16.4 Å². The predicted octanol–water partition coefficient (Wildman–Crippen LogP) is 3.08. The van der Waals surface area contributed by atoms with Gasteiger partial charge in [-0.3, -0.25) is 5.32 Å². The number of aromatic nitrogens is 2. The molecule has 3 heterocycles. The van der Waals surface area contributed by atoms with Crippen molar-refractivity contribution in [3.8, 4) is 0 Å².